The van der Waals surface area contributed by atoms with Crippen LogP contribution in [-0.2, 0) is 32.6 Å². The zero-order chi connectivity index (χ0) is 29.3. The quantitative estimate of drug-likeness (QED) is 0.228. The molecule has 0 spiro atoms. The summed E-state index contributed by atoms with van der Waals surface area (Å²) in [5, 5.41) is 2.99. The van der Waals surface area contributed by atoms with E-state index in [0.29, 0.717) is 12.2 Å². The van der Waals surface area contributed by atoms with Crippen LogP contribution in [0.3, 0.4) is 0 Å². The fraction of sp³-hybridized carbons (Fsp3) is 0.333. The fourth-order valence-electron chi connectivity index (χ4n) is 4.29. The van der Waals surface area contributed by atoms with Crippen LogP contribution in [0.2, 0.25) is 0 Å². The maximum absolute atomic E-state index is 14.1. The number of hydrogen-bond acceptors (Lipinski definition) is 4. The van der Waals surface area contributed by atoms with Gasteiger partial charge in [0.25, 0.3) is 0 Å². The summed E-state index contributed by atoms with van der Waals surface area (Å²) in [6, 6.07) is 21.3. The van der Waals surface area contributed by atoms with Crippen LogP contribution < -0.4 is 9.62 Å². The van der Waals surface area contributed by atoms with Gasteiger partial charge in [-0.05, 0) is 60.4 Å². The number of rotatable bonds is 13. The largest absolute Gasteiger partial charge is 0.354 e. The van der Waals surface area contributed by atoms with Crippen molar-refractivity contribution in [1.29, 1.82) is 0 Å². The van der Waals surface area contributed by atoms with Crippen molar-refractivity contribution in [3.05, 3.63) is 98.4 Å². The molecule has 1 atom stereocenters. The first kappa shape index (κ1) is 31.8. The number of aryl methyl sites for hydroxylation is 1. The summed E-state index contributed by atoms with van der Waals surface area (Å²) in [6.07, 6.45) is 3.10. The molecule has 1 unspecified atom stereocenters. The summed E-state index contributed by atoms with van der Waals surface area (Å²) in [5.41, 5.74) is 2.93. The van der Waals surface area contributed by atoms with E-state index in [2.05, 4.69) is 37.2 Å². The average Bonchev–Trinajstić information content (AvgIpc) is 2.91. The van der Waals surface area contributed by atoms with Gasteiger partial charge in [0.15, 0.2) is 0 Å². The summed E-state index contributed by atoms with van der Waals surface area (Å²) in [4.78, 5) is 29.2. The first-order valence-electron chi connectivity index (χ1n) is 13.1. The number of benzene rings is 3. The summed E-state index contributed by atoms with van der Waals surface area (Å²) in [7, 11) is -3.82. The number of nitrogens with zero attached hydrogens (tertiary/aromatic N) is 2. The van der Waals surface area contributed by atoms with E-state index < -0.39 is 28.5 Å². The highest BCUT2D eigenvalue weighted by atomic mass is 79.9. The molecular formula is C30H35Br2N3O4S. The molecule has 0 aliphatic carbocycles. The SMILES string of the molecule is CCCCNC(=O)C(Cc1ccccc1)N(Cc1cccc(Br)c1)C(=O)CN(c1ccc(Br)c(C)c1)S(C)(=O)=O. The monoisotopic (exact) mass is 691 g/mol. The first-order valence-corrected chi connectivity index (χ1v) is 16.5. The van der Waals surface area contributed by atoms with Crippen LogP contribution in [-0.4, -0.2) is 50.5 Å². The third-order valence-electron chi connectivity index (χ3n) is 6.45. The number of halogens is 2. The lowest BCUT2D eigenvalue weighted by molar-refractivity contribution is -0.140. The van der Waals surface area contributed by atoms with Crippen LogP contribution in [0.25, 0.3) is 0 Å². The molecule has 10 heteroatoms. The normalized spacial score (nSPS) is 12.0. The van der Waals surface area contributed by atoms with Gasteiger partial charge in [-0.15, -0.1) is 0 Å². The molecule has 0 bridgehead atoms. The van der Waals surface area contributed by atoms with Crippen LogP contribution in [0.15, 0.2) is 81.7 Å². The second-order valence-electron chi connectivity index (χ2n) is 9.70. The summed E-state index contributed by atoms with van der Waals surface area (Å²) >= 11 is 6.93. The number of sulfonamides is 1. The molecule has 3 aromatic carbocycles. The van der Waals surface area contributed by atoms with Gasteiger partial charge in [0.1, 0.15) is 12.6 Å². The minimum atomic E-state index is -3.82. The van der Waals surface area contributed by atoms with Crippen molar-refractivity contribution in [1.82, 2.24) is 10.2 Å². The number of hydrogen-bond donors (Lipinski definition) is 1. The topological polar surface area (TPSA) is 86.8 Å². The Labute approximate surface area is 254 Å². The van der Waals surface area contributed by atoms with Crippen LogP contribution in [0, 0.1) is 6.92 Å². The zero-order valence-electron chi connectivity index (χ0n) is 22.9. The van der Waals surface area contributed by atoms with Gasteiger partial charge in [0.05, 0.1) is 11.9 Å². The molecule has 0 saturated carbocycles. The summed E-state index contributed by atoms with van der Waals surface area (Å²) < 4.78 is 28.6. The maximum atomic E-state index is 14.1. The van der Waals surface area contributed by atoms with Crippen LogP contribution in [0.4, 0.5) is 5.69 Å². The molecule has 3 rings (SSSR count). The maximum Gasteiger partial charge on any atom is 0.244 e. The van der Waals surface area contributed by atoms with Gasteiger partial charge in [-0.25, -0.2) is 8.42 Å². The van der Waals surface area contributed by atoms with E-state index in [0.717, 1.165) is 49.0 Å². The van der Waals surface area contributed by atoms with Crippen molar-refractivity contribution >= 4 is 59.4 Å². The summed E-state index contributed by atoms with van der Waals surface area (Å²) in [6.45, 7) is 4.08. The Hall–Kier alpha value is -2.69. The Morgan fingerprint density at radius 3 is 2.27 bits per heavy atom. The lowest BCUT2D eigenvalue weighted by atomic mass is 10.0. The minimum absolute atomic E-state index is 0.133. The van der Waals surface area contributed by atoms with Crippen molar-refractivity contribution in [3.8, 4) is 0 Å². The van der Waals surface area contributed by atoms with Crippen molar-refractivity contribution in [3.63, 3.8) is 0 Å². The van der Waals surface area contributed by atoms with Gasteiger partial charge in [0, 0.05) is 28.5 Å². The Morgan fingerprint density at radius 2 is 1.65 bits per heavy atom. The highest BCUT2D eigenvalue weighted by molar-refractivity contribution is 9.10. The smallest absolute Gasteiger partial charge is 0.244 e. The van der Waals surface area contributed by atoms with Crippen LogP contribution in [0.1, 0.15) is 36.5 Å². The molecule has 2 amide bonds. The number of amides is 2. The van der Waals surface area contributed by atoms with E-state index in [9.17, 15) is 18.0 Å². The molecule has 0 fully saturated rings. The number of carbonyl (C=O) groups excluding carboxylic acids is 2. The van der Waals surface area contributed by atoms with Crippen molar-refractivity contribution in [2.24, 2.45) is 0 Å². The van der Waals surface area contributed by atoms with Gasteiger partial charge < -0.3 is 10.2 Å². The Bertz CT molecular complexity index is 1420. The van der Waals surface area contributed by atoms with E-state index in [4.69, 9.17) is 0 Å². The van der Waals surface area contributed by atoms with Gasteiger partial charge in [0.2, 0.25) is 21.8 Å². The predicted molar refractivity (Wildman–Crippen MR) is 168 cm³/mol. The Balaban J connectivity index is 2.04. The predicted octanol–water partition coefficient (Wildman–Crippen LogP) is 5.84. The highest BCUT2D eigenvalue weighted by Gasteiger charge is 2.33. The van der Waals surface area contributed by atoms with Gasteiger partial charge in [-0.3, -0.25) is 13.9 Å². The number of carbonyl (C=O) groups is 2. The van der Waals surface area contributed by atoms with E-state index in [-0.39, 0.29) is 18.9 Å². The van der Waals surface area contributed by atoms with Gasteiger partial charge in [-0.1, -0.05) is 87.7 Å². The molecule has 0 aromatic heterocycles. The Morgan fingerprint density at radius 1 is 0.950 bits per heavy atom. The van der Waals surface area contributed by atoms with Crippen LogP contribution >= 0.6 is 31.9 Å². The molecule has 7 nitrogen and oxygen atoms in total. The van der Waals surface area contributed by atoms with Gasteiger partial charge >= 0.3 is 0 Å². The first-order chi connectivity index (χ1) is 19.0. The molecule has 0 aliphatic heterocycles. The van der Waals surface area contributed by atoms with E-state index in [1.54, 1.807) is 18.2 Å². The average molecular weight is 694 g/mol. The summed E-state index contributed by atoms with van der Waals surface area (Å²) in [5.74, 6) is -0.747. The third-order valence-corrected chi connectivity index (χ3v) is 8.97. The van der Waals surface area contributed by atoms with E-state index in [1.165, 1.54) is 4.90 Å². The number of nitrogens with one attached hydrogen (secondary N) is 1. The van der Waals surface area contributed by atoms with E-state index >= 15 is 0 Å². The molecular weight excluding hydrogens is 658 g/mol. The third kappa shape index (κ3) is 9.17. The van der Waals surface area contributed by atoms with E-state index in [1.807, 2.05) is 68.4 Å². The molecule has 40 heavy (non-hydrogen) atoms. The highest BCUT2D eigenvalue weighted by Crippen LogP contribution is 2.25. The fourth-order valence-corrected chi connectivity index (χ4v) is 5.82. The second kappa shape index (κ2) is 14.8. The molecule has 0 saturated heterocycles. The standard InChI is InChI=1S/C30H35Br2N3O4S/c1-4-5-16-33-30(37)28(19-23-10-7-6-8-11-23)34(20-24-12-9-13-25(31)18-24)29(36)21-35(40(3,38)39)26-14-15-27(32)22(2)17-26/h6-15,17-18,28H,4-5,16,19-21H2,1-3H3,(H,33,37). The van der Waals surface area contributed by atoms with Crippen molar-refractivity contribution < 1.29 is 18.0 Å². The lowest BCUT2D eigenvalue weighted by Crippen LogP contribution is -2.53. The molecule has 0 radical (unpaired) electrons. The Kier molecular flexibility index (Phi) is 11.8. The lowest BCUT2D eigenvalue weighted by Gasteiger charge is -2.33. The minimum Gasteiger partial charge on any atom is -0.354 e. The van der Waals surface area contributed by atoms with Crippen molar-refractivity contribution in [2.45, 2.75) is 45.7 Å². The molecule has 3 aromatic rings. The molecule has 214 valence electrons. The zero-order valence-corrected chi connectivity index (χ0v) is 26.9. The van der Waals surface area contributed by atoms with Crippen LogP contribution in [0.5, 0.6) is 0 Å². The molecule has 0 heterocycles. The second-order valence-corrected chi connectivity index (χ2v) is 13.4. The number of unbranched alkanes of at least 4 members (excludes halogenated alkanes) is 1. The van der Waals surface area contributed by atoms with Gasteiger partial charge in [-0.2, -0.15) is 0 Å². The number of anilines is 1. The molecule has 0 aliphatic rings. The molecule has 1 N–H and O–H groups in total. The van der Waals surface area contributed by atoms with Crippen molar-refractivity contribution in [2.75, 3.05) is 23.7 Å².